The van der Waals surface area contributed by atoms with Gasteiger partial charge in [0.1, 0.15) is 0 Å². The summed E-state index contributed by atoms with van der Waals surface area (Å²) in [5, 5.41) is 7.19. The van der Waals surface area contributed by atoms with Gasteiger partial charge in [-0.05, 0) is 6.92 Å². The summed E-state index contributed by atoms with van der Waals surface area (Å²) in [6.07, 6.45) is 1.49. The van der Waals surface area contributed by atoms with Crippen LogP contribution < -0.4 is 5.32 Å². The van der Waals surface area contributed by atoms with E-state index in [2.05, 4.69) is 29.3 Å². The SMILES string of the molecule is CCOCCc1noc(CCNC(C)C)n1. The molecule has 16 heavy (non-hydrogen) atoms. The van der Waals surface area contributed by atoms with E-state index in [0.717, 1.165) is 31.8 Å². The molecule has 1 aromatic rings. The molecule has 0 aliphatic heterocycles. The monoisotopic (exact) mass is 227 g/mol. The summed E-state index contributed by atoms with van der Waals surface area (Å²) in [6, 6.07) is 0.486. The molecule has 92 valence electrons. The zero-order chi connectivity index (χ0) is 11.8. The largest absolute Gasteiger partial charge is 0.381 e. The summed E-state index contributed by atoms with van der Waals surface area (Å²) in [4.78, 5) is 4.28. The van der Waals surface area contributed by atoms with Gasteiger partial charge in [0, 0.05) is 32.0 Å². The highest BCUT2D eigenvalue weighted by atomic mass is 16.5. The smallest absolute Gasteiger partial charge is 0.227 e. The van der Waals surface area contributed by atoms with E-state index < -0.39 is 0 Å². The minimum Gasteiger partial charge on any atom is -0.381 e. The number of hydrogen-bond acceptors (Lipinski definition) is 5. The Kier molecular flexibility index (Phi) is 6.03. The van der Waals surface area contributed by atoms with Crippen molar-refractivity contribution in [2.24, 2.45) is 0 Å². The van der Waals surface area contributed by atoms with Crippen molar-refractivity contribution < 1.29 is 9.26 Å². The van der Waals surface area contributed by atoms with Gasteiger partial charge >= 0.3 is 0 Å². The van der Waals surface area contributed by atoms with Gasteiger partial charge in [-0.25, -0.2) is 0 Å². The Bertz CT molecular complexity index is 287. The van der Waals surface area contributed by atoms with Crippen LogP contribution >= 0.6 is 0 Å². The van der Waals surface area contributed by atoms with Crippen molar-refractivity contribution in [3.63, 3.8) is 0 Å². The maximum Gasteiger partial charge on any atom is 0.227 e. The Balaban J connectivity index is 2.22. The fourth-order valence-electron chi connectivity index (χ4n) is 1.27. The standard InChI is InChI=1S/C11H21N3O2/c1-4-15-8-6-10-13-11(16-14-10)5-7-12-9(2)3/h9,12H,4-8H2,1-3H3. The van der Waals surface area contributed by atoms with Gasteiger partial charge in [0.05, 0.1) is 6.61 Å². The average molecular weight is 227 g/mol. The number of nitrogens with zero attached hydrogens (tertiary/aromatic N) is 2. The highest BCUT2D eigenvalue weighted by molar-refractivity contribution is 4.87. The maximum absolute atomic E-state index is 5.23. The summed E-state index contributed by atoms with van der Waals surface area (Å²) in [7, 11) is 0. The van der Waals surface area contributed by atoms with E-state index >= 15 is 0 Å². The van der Waals surface area contributed by atoms with E-state index in [1.807, 2.05) is 6.92 Å². The van der Waals surface area contributed by atoms with Crippen LogP contribution in [-0.2, 0) is 17.6 Å². The average Bonchev–Trinajstić information content (AvgIpc) is 2.66. The highest BCUT2D eigenvalue weighted by Gasteiger charge is 2.05. The molecular formula is C11H21N3O2. The minimum atomic E-state index is 0.486. The van der Waals surface area contributed by atoms with Crippen LogP contribution in [0.4, 0.5) is 0 Å². The fraction of sp³-hybridized carbons (Fsp3) is 0.818. The van der Waals surface area contributed by atoms with Crippen molar-refractivity contribution in [1.29, 1.82) is 0 Å². The molecule has 0 amide bonds. The molecular weight excluding hydrogens is 206 g/mol. The van der Waals surface area contributed by atoms with E-state index in [-0.39, 0.29) is 0 Å². The van der Waals surface area contributed by atoms with Crippen LogP contribution in [0.5, 0.6) is 0 Å². The minimum absolute atomic E-state index is 0.486. The van der Waals surface area contributed by atoms with Crippen molar-refractivity contribution >= 4 is 0 Å². The molecule has 0 radical (unpaired) electrons. The Labute approximate surface area is 96.6 Å². The molecule has 1 N–H and O–H groups in total. The van der Waals surface area contributed by atoms with Gasteiger partial charge < -0.3 is 14.6 Å². The quantitative estimate of drug-likeness (QED) is 0.676. The molecule has 0 aliphatic carbocycles. The second-order valence-corrected chi connectivity index (χ2v) is 3.91. The Morgan fingerprint density at radius 3 is 2.88 bits per heavy atom. The highest BCUT2D eigenvalue weighted by Crippen LogP contribution is 1.99. The molecule has 0 saturated heterocycles. The zero-order valence-electron chi connectivity index (χ0n) is 10.3. The van der Waals surface area contributed by atoms with Crippen molar-refractivity contribution in [2.45, 2.75) is 39.7 Å². The van der Waals surface area contributed by atoms with Gasteiger partial charge in [0.2, 0.25) is 5.89 Å². The van der Waals surface area contributed by atoms with Crippen LogP contribution in [0.1, 0.15) is 32.5 Å². The number of nitrogens with one attached hydrogen (secondary N) is 1. The van der Waals surface area contributed by atoms with Crippen LogP contribution in [0.3, 0.4) is 0 Å². The van der Waals surface area contributed by atoms with Crippen molar-refractivity contribution in [1.82, 2.24) is 15.5 Å². The van der Waals surface area contributed by atoms with Gasteiger partial charge in [-0.3, -0.25) is 0 Å². The van der Waals surface area contributed by atoms with Crippen molar-refractivity contribution in [3.05, 3.63) is 11.7 Å². The molecule has 0 spiro atoms. The van der Waals surface area contributed by atoms with Crippen LogP contribution in [0.15, 0.2) is 4.52 Å². The van der Waals surface area contributed by atoms with Crippen molar-refractivity contribution in [2.75, 3.05) is 19.8 Å². The second kappa shape index (κ2) is 7.35. The fourth-order valence-corrected chi connectivity index (χ4v) is 1.27. The first-order chi connectivity index (χ1) is 7.72. The predicted molar refractivity (Wildman–Crippen MR) is 61.3 cm³/mol. The molecule has 0 aliphatic rings. The summed E-state index contributed by atoms with van der Waals surface area (Å²) in [5.41, 5.74) is 0. The number of ether oxygens (including phenoxy) is 1. The van der Waals surface area contributed by atoms with Crippen LogP contribution in [-0.4, -0.2) is 35.9 Å². The second-order valence-electron chi connectivity index (χ2n) is 3.91. The van der Waals surface area contributed by atoms with Gasteiger partial charge in [-0.2, -0.15) is 4.98 Å². The predicted octanol–water partition coefficient (Wildman–Crippen LogP) is 1.19. The van der Waals surface area contributed by atoms with E-state index in [0.29, 0.717) is 18.5 Å². The van der Waals surface area contributed by atoms with Gasteiger partial charge in [0.25, 0.3) is 0 Å². The number of rotatable bonds is 8. The third-order valence-corrected chi connectivity index (χ3v) is 2.08. The van der Waals surface area contributed by atoms with E-state index in [9.17, 15) is 0 Å². The first-order valence-corrected chi connectivity index (χ1v) is 5.85. The van der Waals surface area contributed by atoms with Gasteiger partial charge in [0.15, 0.2) is 5.82 Å². The first kappa shape index (κ1) is 13.1. The lowest BCUT2D eigenvalue weighted by Crippen LogP contribution is -2.25. The van der Waals surface area contributed by atoms with Gasteiger partial charge in [-0.1, -0.05) is 19.0 Å². The van der Waals surface area contributed by atoms with Gasteiger partial charge in [-0.15, -0.1) is 0 Å². The van der Waals surface area contributed by atoms with Crippen LogP contribution in [0, 0.1) is 0 Å². The maximum atomic E-state index is 5.23. The molecule has 0 bridgehead atoms. The van der Waals surface area contributed by atoms with E-state index in [1.54, 1.807) is 0 Å². The lowest BCUT2D eigenvalue weighted by atomic mass is 10.3. The molecule has 0 fully saturated rings. The van der Waals surface area contributed by atoms with Crippen LogP contribution in [0.25, 0.3) is 0 Å². The third kappa shape index (κ3) is 5.23. The molecule has 5 nitrogen and oxygen atoms in total. The Hall–Kier alpha value is -0.940. The topological polar surface area (TPSA) is 60.2 Å². The van der Waals surface area contributed by atoms with E-state index in [1.165, 1.54) is 0 Å². The normalized spacial score (nSPS) is 11.2. The molecule has 1 rings (SSSR count). The third-order valence-electron chi connectivity index (χ3n) is 2.08. The number of aromatic nitrogens is 2. The molecule has 5 heteroatoms. The summed E-state index contributed by atoms with van der Waals surface area (Å²) >= 11 is 0. The lowest BCUT2D eigenvalue weighted by molar-refractivity contribution is 0.149. The molecule has 1 aromatic heterocycles. The molecule has 0 aromatic carbocycles. The molecule has 1 heterocycles. The molecule has 0 saturated carbocycles. The lowest BCUT2D eigenvalue weighted by Gasteiger charge is -2.04. The zero-order valence-corrected chi connectivity index (χ0v) is 10.3. The number of hydrogen-bond donors (Lipinski definition) is 1. The summed E-state index contributed by atoms with van der Waals surface area (Å²) in [6.45, 7) is 8.44. The molecule has 0 atom stereocenters. The van der Waals surface area contributed by atoms with E-state index in [4.69, 9.17) is 9.26 Å². The Morgan fingerprint density at radius 2 is 2.19 bits per heavy atom. The van der Waals surface area contributed by atoms with Crippen LogP contribution in [0.2, 0.25) is 0 Å². The summed E-state index contributed by atoms with van der Waals surface area (Å²) in [5.74, 6) is 1.42. The Morgan fingerprint density at radius 1 is 1.38 bits per heavy atom. The summed E-state index contributed by atoms with van der Waals surface area (Å²) < 4.78 is 10.3. The van der Waals surface area contributed by atoms with Crippen molar-refractivity contribution in [3.8, 4) is 0 Å². The first-order valence-electron chi connectivity index (χ1n) is 5.85. The molecule has 0 unspecified atom stereocenters.